The maximum Gasteiger partial charge on any atom is 0.339 e. The van der Waals surface area contributed by atoms with E-state index in [1.807, 2.05) is 6.07 Å². The van der Waals surface area contributed by atoms with Crippen LogP contribution in [0.2, 0.25) is 0 Å². The zero-order valence-corrected chi connectivity index (χ0v) is 9.58. The van der Waals surface area contributed by atoms with E-state index < -0.39 is 0 Å². The number of hydrogen-bond donors (Lipinski definition) is 0. The van der Waals surface area contributed by atoms with Crippen molar-refractivity contribution < 1.29 is 9.53 Å². The molecule has 0 aliphatic carbocycles. The second kappa shape index (κ2) is 5.75. The first-order valence-electron chi connectivity index (χ1n) is 4.37. The van der Waals surface area contributed by atoms with Crippen LogP contribution >= 0.6 is 15.9 Å². The molecule has 0 aliphatic heterocycles. The van der Waals surface area contributed by atoms with Crippen molar-refractivity contribution in [2.45, 2.75) is 12.8 Å². The summed E-state index contributed by atoms with van der Waals surface area (Å²) in [7, 11) is 1.36. The van der Waals surface area contributed by atoms with Gasteiger partial charge in [-0.3, -0.25) is 4.98 Å². The van der Waals surface area contributed by atoms with Crippen LogP contribution in [0.3, 0.4) is 0 Å². The Morgan fingerprint density at radius 1 is 1.57 bits per heavy atom. The molecule has 4 heteroatoms. The highest BCUT2D eigenvalue weighted by molar-refractivity contribution is 9.09. The summed E-state index contributed by atoms with van der Waals surface area (Å²) in [5, 5.41) is 0.966. The van der Waals surface area contributed by atoms with Gasteiger partial charge in [0.05, 0.1) is 12.7 Å². The molecule has 14 heavy (non-hydrogen) atoms. The number of rotatable bonds is 4. The van der Waals surface area contributed by atoms with Crippen LogP contribution in [0, 0.1) is 0 Å². The van der Waals surface area contributed by atoms with Crippen molar-refractivity contribution in [2.24, 2.45) is 0 Å². The summed E-state index contributed by atoms with van der Waals surface area (Å²) in [6.45, 7) is 0. The number of halogens is 1. The zero-order valence-electron chi connectivity index (χ0n) is 8.00. The maximum absolute atomic E-state index is 11.1. The van der Waals surface area contributed by atoms with Crippen LogP contribution in [-0.4, -0.2) is 23.4 Å². The standard InChI is InChI=1S/C10H12BrNO2/c1-14-10(13)8-4-5-9(12-7-8)3-2-6-11/h4-5,7H,2-3,6H2,1H3. The molecule has 0 amide bonds. The monoisotopic (exact) mass is 257 g/mol. The minimum atomic E-state index is -0.343. The molecule has 0 aliphatic rings. The van der Waals surface area contributed by atoms with Gasteiger partial charge in [-0.25, -0.2) is 4.79 Å². The van der Waals surface area contributed by atoms with Gasteiger partial charge in [-0.15, -0.1) is 0 Å². The summed E-state index contributed by atoms with van der Waals surface area (Å²) in [5.74, 6) is -0.343. The Morgan fingerprint density at radius 3 is 2.86 bits per heavy atom. The molecular formula is C10H12BrNO2. The Labute approximate surface area is 91.6 Å². The number of ether oxygens (including phenoxy) is 1. The van der Waals surface area contributed by atoms with Crippen LogP contribution in [0.4, 0.5) is 0 Å². The number of hydrogen-bond acceptors (Lipinski definition) is 3. The van der Waals surface area contributed by atoms with E-state index in [0.29, 0.717) is 5.56 Å². The first-order valence-corrected chi connectivity index (χ1v) is 5.49. The van der Waals surface area contributed by atoms with Crippen LogP contribution < -0.4 is 0 Å². The van der Waals surface area contributed by atoms with Gasteiger partial charge in [-0.05, 0) is 25.0 Å². The third-order valence-electron chi connectivity index (χ3n) is 1.81. The van der Waals surface area contributed by atoms with E-state index in [-0.39, 0.29) is 5.97 Å². The highest BCUT2D eigenvalue weighted by atomic mass is 79.9. The molecule has 1 heterocycles. The van der Waals surface area contributed by atoms with Gasteiger partial charge < -0.3 is 4.74 Å². The number of nitrogens with zero attached hydrogens (tertiary/aromatic N) is 1. The molecule has 0 saturated carbocycles. The molecule has 0 unspecified atom stereocenters. The van der Waals surface area contributed by atoms with Crippen molar-refractivity contribution in [3.05, 3.63) is 29.6 Å². The van der Waals surface area contributed by atoms with Gasteiger partial charge in [0.1, 0.15) is 0 Å². The fraction of sp³-hybridized carbons (Fsp3) is 0.400. The molecule has 0 N–H and O–H groups in total. The molecule has 76 valence electrons. The van der Waals surface area contributed by atoms with E-state index in [1.165, 1.54) is 7.11 Å². The number of methoxy groups -OCH3 is 1. The quantitative estimate of drug-likeness (QED) is 0.613. The average Bonchev–Trinajstić information content (AvgIpc) is 2.26. The lowest BCUT2D eigenvalue weighted by atomic mass is 10.2. The van der Waals surface area contributed by atoms with Crippen LogP contribution in [0.1, 0.15) is 22.5 Å². The largest absolute Gasteiger partial charge is 0.465 e. The summed E-state index contributed by atoms with van der Waals surface area (Å²) in [4.78, 5) is 15.2. The summed E-state index contributed by atoms with van der Waals surface area (Å²) in [5.41, 5.74) is 1.49. The summed E-state index contributed by atoms with van der Waals surface area (Å²) in [6, 6.07) is 3.59. The fourth-order valence-corrected chi connectivity index (χ4v) is 1.34. The number of esters is 1. The smallest absolute Gasteiger partial charge is 0.339 e. The normalized spacial score (nSPS) is 9.86. The Morgan fingerprint density at radius 2 is 2.36 bits per heavy atom. The minimum absolute atomic E-state index is 0.343. The summed E-state index contributed by atoms with van der Waals surface area (Å²) < 4.78 is 4.57. The molecule has 1 aromatic rings. The number of carbonyl (C=O) groups excluding carboxylic acids is 1. The Hall–Kier alpha value is -0.900. The predicted octanol–water partition coefficient (Wildman–Crippen LogP) is 2.20. The first kappa shape index (κ1) is 11.2. The van der Waals surface area contributed by atoms with Gasteiger partial charge in [-0.1, -0.05) is 15.9 Å². The predicted molar refractivity (Wildman–Crippen MR) is 57.7 cm³/mol. The third kappa shape index (κ3) is 3.10. The molecule has 0 aromatic carbocycles. The third-order valence-corrected chi connectivity index (χ3v) is 2.37. The van der Waals surface area contributed by atoms with Gasteiger partial charge in [0.15, 0.2) is 0 Å². The number of aromatic nitrogens is 1. The number of alkyl halides is 1. The molecule has 0 saturated heterocycles. The van der Waals surface area contributed by atoms with Gasteiger partial charge in [0, 0.05) is 17.2 Å². The number of pyridine rings is 1. The molecule has 0 radical (unpaired) electrons. The van der Waals surface area contributed by atoms with Crippen molar-refractivity contribution in [3.8, 4) is 0 Å². The topological polar surface area (TPSA) is 39.2 Å². The molecule has 1 aromatic heterocycles. The van der Waals surface area contributed by atoms with Crippen LogP contribution in [0.15, 0.2) is 18.3 Å². The molecule has 1 rings (SSSR count). The van der Waals surface area contributed by atoms with Crippen LogP contribution in [-0.2, 0) is 11.2 Å². The highest BCUT2D eigenvalue weighted by Gasteiger charge is 2.04. The molecule has 0 spiro atoms. The molecular weight excluding hydrogens is 246 g/mol. The summed E-state index contributed by atoms with van der Waals surface area (Å²) >= 11 is 3.35. The number of carbonyl (C=O) groups is 1. The molecule has 0 bridgehead atoms. The fourth-order valence-electron chi connectivity index (χ4n) is 1.06. The lowest BCUT2D eigenvalue weighted by Crippen LogP contribution is -2.02. The van der Waals surface area contributed by atoms with E-state index in [0.717, 1.165) is 23.9 Å². The molecule has 3 nitrogen and oxygen atoms in total. The minimum Gasteiger partial charge on any atom is -0.465 e. The second-order valence-electron chi connectivity index (χ2n) is 2.82. The summed E-state index contributed by atoms with van der Waals surface area (Å²) in [6.07, 6.45) is 3.52. The van der Waals surface area contributed by atoms with Crippen molar-refractivity contribution in [2.75, 3.05) is 12.4 Å². The number of aryl methyl sites for hydroxylation is 1. The zero-order chi connectivity index (χ0) is 10.4. The first-order chi connectivity index (χ1) is 6.77. The van der Waals surface area contributed by atoms with Crippen molar-refractivity contribution in [1.29, 1.82) is 0 Å². The van der Waals surface area contributed by atoms with E-state index in [4.69, 9.17) is 0 Å². The molecule has 0 fully saturated rings. The van der Waals surface area contributed by atoms with Crippen molar-refractivity contribution >= 4 is 21.9 Å². The second-order valence-corrected chi connectivity index (χ2v) is 3.62. The Balaban J connectivity index is 2.63. The lowest BCUT2D eigenvalue weighted by molar-refractivity contribution is 0.0600. The molecule has 0 atom stereocenters. The van der Waals surface area contributed by atoms with Crippen LogP contribution in [0.25, 0.3) is 0 Å². The Bertz CT molecular complexity index is 297. The van der Waals surface area contributed by atoms with Crippen LogP contribution in [0.5, 0.6) is 0 Å². The van der Waals surface area contributed by atoms with Gasteiger partial charge in [0.25, 0.3) is 0 Å². The lowest BCUT2D eigenvalue weighted by Gasteiger charge is -2.00. The highest BCUT2D eigenvalue weighted by Crippen LogP contribution is 2.04. The van der Waals surface area contributed by atoms with E-state index >= 15 is 0 Å². The van der Waals surface area contributed by atoms with Crippen molar-refractivity contribution in [1.82, 2.24) is 4.98 Å². The Kier molecular flexibility index (Phi) is 4.59. The average molecular weight is 258 g/mol. The van der Waals surface area contributed by atoms with Gasteiger partial charge in [-0.2, -0.15) is 0 Å². The van der Waals surface area contributed by atoms with Gasteiger partial charge >= 0.3 is 5.97 Å². The SMILES string of the molecule is COC(=O)c1ccc(CCCBr)nc1. The van der Waals surface area contributed by atoms with Gasteiger partial charge in [0.2, 0.25) is 0 Å². The maximum atomic E-state index is 11.1. The van der Waals surface area contributed by atoms with E-state index in [2.05, 4.69) is 25.7 Å². The van der Waals surface area contributed by atoms with E-state index in [9.17, 15) is 4.79 Å². The van der Waals surface area contributed by atoms with Crippen molar-refractivity contribution in [3.63, 3.8) is 0 Å². The van der Waals surface area contributed by atoms with E-state index in [1.54, 1.807) is 12.3 Å².